The van der Waals surface area contributed by atoms with Crippen LogP contribution in [-0.2, 0) is 9.59 Å². The number of halogens is 1. The summed E-state index contributed by atoms with van der Waals surface area (Å²) in [6, 6.07) is 14.0. The van der Waals surface area contributed by atoms with Gasteiger partial charge in [0.25, 0.3) is 0 Å². The number of carbonyl (C=O) groups excluding carboxylic acids is 2. The number of imide groups is 1. The van der Waals surface area contributed by atoms with Crippen LogP contribution in [0.3, 0.4) is 0 Å². The molecule has 22 heavy (non-hydrogen) atoms. The fourth-order valence-corrected chi connectivity index (χ4v) is 3.61. The maximum atomic E-state index is 12.5. The largest absolute Gasteiger partial charge is 0.398 e. The Morgan fingerprint density at radius 1 is 1.14 bits per heavy atom. The van der Waals surface area contributed by atoms with Crippen LogP contribution in [0.15, 0.2) is 53.4 Å². The summed E-state index contributed by atoms with van der Waals surface area (Å²) >= 11 is 7.26. The Morgan fingerprint density at radius 3 is 2.64 bits per heavy atom. The molecule has 0 aliphatic carbocycles. The lowest BCUT2D eigenvalue weighted by atomic mass is 10.3. The van der Waals surface area contributed by atoms with Gasteiger partial charge in [-0.3, -0.25) is 9.59 Å². The zero-order valence-electron chi connectivity index (χ0n) is 11.5. The minimum atomic E-state index is -0.462. The summed E-state index contributed by atoms with van der Waals surface area (Å²) in [5, 5.41) is 0.0256. The minimum Gasteiger partial charge on any atom is -0.398 e. The van der Waals surface area contributed by atoms with Crippen molar-refractivity contribution < 1.29 is 9.59 Å². The third-order valence-electron chi connectivity index (χ3n) is 3.36. The zero-order valence-corrected chi connectivity index (χ0v) is 13.1. The number of benzene rings is 2. The molecule has 2 N–H and O–H groups in total. The van der Waals surface area contributed by atoms with Gasteiger partial charge in [-0.05, 0) is 30.3 Å². The second-order valence-corrected chi connectivity index (χ2v) is 6.58. The number of nitrogens with two attached hydrogens (primary N) is 1. The molecule has 0 radical (unpaired) electrons. The first kappa shape index (κ1) is 14.9. The lowest BCUT2D eigenvalue weighted by Crippen LogP contribution is -2.31. The Labute approximate surface area is 137 Å². The normalized spacial score (nSPS) is 18.0. The van der Waals surface area contributed by atoms with Gasteiger partial charge in [0.1, 0.15) is 0 Å². The molecule has 4 nitrogen and oxygen atoms in total. The number of hydrogen-bond donors (Lipinski definition) is 1. The van der Waals surface area contributed by atoms with Crippen LogP contribution in [0.1, 0.15) is 6.42 Å². The molecular formula is C16H13ClN2O2S. The van der Waals surface area contributed by atoms with Crippen LogP contribution in [0.5, 0.6) is 0 Å². The van der Waals surface area contributed by atoms with Gasteiger partial charge in [0.15, 0.2) is 0 Å². The summed E-state index contributed by atoms with van der Waals surface area (Å²) in [5.41, 5.74) is 7.01. The van der Waals surface area contributed by atoms with Gasteiger partial charge >= 0.3 is 0 Å². The zero-order chi connectivity index (χ0) is 15.7. The van der Waals surface area contributed by atoms with Crippen molar-refractivity contribution in [3.05, 3.63) is 53.6 Å². The Balaban J connectivity index is 1.84. The molecule has 0 spiro atoms. The summed E-state index contributed by atoms with van der Waals surface area (Å²) < 4.78 is 0. The van der Waals surface area contributed by atoms with Crippen molar-refractivity contribution >= 4 is 46.6 Å². The topological polar surface area (TPSA) is 63.4 Å². The summed E-state index contributed by atoms with van der Waals surface area (Å²) in [6.07, 6.45) is 0.157. The molecule has 2 aromatic rings. The predicted octanol–water partition coefficient (Wildman–Crippen LogP) is 3.35. The van der Waals surface area contributed by atoms with E-state index in [1.807, 2.05) is 18.2 Å². The second kappa shape index (κ2) is 6.02. The Hall–Kier alpha value is -1.98. The third kappa shape index (κ3) is 2.82. The summed E-state index contributed by atoms with van der Waals surface area (Å²) in [4.78, 5) is 26.7. The van der Waals surface area contributed by atoms with Crippen LogP contribution in [-0.4, -0.2) is 17.1 Å². The first-order chi connectivity index (χ1) is 10.6. The Morgan fingerprint density at radius 2 is 1.91 bits per heavy atom. The molecule has 112 valence electrons. The quantitative estimate of drug-likeness (QED) is 0.691. The van der Waals surface area contributed by atoms with E-state index in [1.54, 1.807) is 30.3 Å². The number of hydrogen-bond acceptors (Lipinski definition) is 4. The number of para-hydroxylation sites is 1. The van der Waals surface area contributed by atoms with Crippen molar-refractivity contribution in [2.24, 2.45) is 0 Å². The standard InChI is InChI=1S/C16H13ClN2O2S/c17-10-4-3-5-11(8-10)19-15(20)9-14(16(19)21)22-13-7-2-1-6-12(13)18/h1-8,14H,9,18H2/t14-/m1/s1. The lowest BCUT2D eigenvalue weighted by molar-refractivity contribution is -0.121. The maximum Gasteiger partial charge on any atom is 0.247 e. The first-order valence-electron chi connectivity index (χ1n) is 6.70. The van der Waals surface area contributed by atoms with Gasteiger partial charge in [-0.2, -0.15) is 0 Å². The molecule has 2 amide bonds. The molecule has 3 rings (SSSR count). The van der Waals surface area contributed by atoms with Gasteiger partial charge < -0.3 is 5.73 Å². The molecule has 1 heterocycles. The number of rotatable bonds is 3. The van der Waals surface area contributed by atoms with Crippen LogP contribution < -0.4 is 10.6 Å². The molecule has 1 atom stereocenters. The molecule has 1 aliphatic rings. The SMILES string of the molecule is Nc1ccccc1S[C@@H]1CC(=O)N(c2cccc(Cl)c2)C1=O. The maximum absolute atomic E-state index is 12.5. The van der Waals surface area contributed by atoms with Crippen molar-refractivity contribution in [3.8, 4) is 0 Å². The highest BCUT2D eigenvalue weighted by Gasteiger charge is 2.40. The molecule has 0 aromatic heterocycles. The van der Waals surface area contributed by atoms with Gasteiger partial charge in [-0.15, -0.1) is 11.8 Å². The molecule has 1 fully saturated rings. The Bertz CT molecular complexity index is 750. The third-order valence-corrected chi connectivity index (χ3v) is 4.87. The van der Waals surface area contributed by atoms with E-state index in [9.17, 15) is 9.59 Å². The average Bonchev–Trinajstić information content (AvgIpc) is 2.76. The summed E-state index contributed by atoms with van der Waals surface area (Å²) in [6.45, 7) is 0. The van der Waals surface area contributed by atoms with E-state index in [2.05, 4.69) is 0 Å². The molecule has 0 bridgehead atoms. The van der Waals surface area contributed by atoms with Gasteiger partial charge in [0.2, 0.25) is 11.8 Å². The number of carbonyl (C=O) groups is 2. The van der Waals surface area contributed by atoms with Crippen molar-refractivity contribution in [2.45, 2.75) is 16.6 Å². The van der Waals surface area contributed by atoms with Crippen molar-refractivity contribution in [1.29, 1.82) is 0 Å². The van der Waals surface area contributed by atoms with Crippen molar-refractivity contribution in [1.82, 2.24) is 0 Å². The van der Waals surface area contributed by atoms with E-state index >= 15 is 0 Å². The van der Waals surface area contributed by atoms with Gasteiger partial charge in [0.05, 0.1) is 10.9 Å². The van der Waals surface area contributed by atoms with Gasteiger partial charge in [-0.25, -0.2) is 4.90 Å². The van der Waals surface area contributed by atoms with Crippen LogP contribution in [0.2, 0.25) is 5.02 Å². The number of amides is 2. The number of nitrogen functional groups attached to an aromatic ring is 1. The number of thioether (sulfide) groups is 1. The van der Waals surface area contributed by atoms with E-state index in [0.717, 1.165) is 4.90 Å². The average molecular weight is 333 g/mol. The molecular weight excluding hydrogens is 320 g/mol. The highest BCUT2D eigenvalue weighted by molar-refractivity contribution is 8.00. The molecule has 1 saturated heterocycles. The van der Waals surface area contributed by atoms with Crippen LogP contribution in [0, 0.1) is 0 Å². The fourth-order valence-electron chi connectivity index (χ4n) is 2.32. The van der Waals surface area contributed by atoms with E-state index < -0.39 is 5.25 Å². The lowest BCUT2D eigenvalue weighted by Gasteiger charge is -2.15. The predicted molar refractivity (Wildman–Crippen MR) is 89.1 cm³/mol. The van der Waals surface area contributed by atoms with Crippen LogP contribution in [0.4, 0.5) is 11.4 Å². The fraction of sp³-hybridized carbons (Fsp3) is 0.125. The van der Waals surface area contributed by atoms with E-state index in [0.29, 0.717) is 16.4 Å². The van der Waals surface area contributed by atoms with Crippen molar-refractivity contribution in [3.63, 3.8) is 0 Å². The second-order valence-electron chi connectivity index (χ2n) is 4.90. The summed E-state index contributed by atoms with van der Waals surface area (Å²) in [7, 11) is 0. The minimum absolute atomic E-state index is 0.157. The summed E-state index contributed by atoms with van der Waals surface area (Å²) in [5.74, 6) is -0.459. The van der Waals surface area contributed by atoms with E-state index in [4.69, 9.17) is 17.3 Å². The van der Waals surface area contributed by atoms with Gasteiger partial charge in [-0.1, -0.05) is 29.8 Å². The van der Waals surface area contributed by atoms with Crippen LogP contribution >= 0.6 is 23.4 Å². The monoisotopic (exact) mass is 332 g/mol. The number of nitrogens with zero attached hydrogens (tertiary/aromatic N) is 1. The van der Waals surface area contributed by atoms with Gasteiger partial charge in [0, 0.05) is 22.0 Å². The molecule has 1 aliphatic heterocycles. The van der Waals surface area contributed by atoms with E-state index in [-0.39, 0.29) is 18.2 Å². The smallest absolute Gasteiger partial charge is 0.247 e. The first-order valence-corrected chi connectivity index (χ1v) is 7.95. The molecule has 0 saturated carbocycles. The molecule has 0 unspecified atom stereocenters. The van der Waals surface area contributed by atoms with Crippen molar-refractivity contribution in [2.75, 3.05) is 10.6 Å². The highest BCUT2D eigenvalue weighted by Crippen LogP contribution is 2.36. The molecule has 2 aromatic carbocycles. The highest BCUT2D eigenvalue weighted by atomic mass is 35.5. The van der Waals surface area contributed by atoms with Crippen LogP contribution in [0.25, 0.3) is 0 Å². The molecule has 6 heteroatoms. The number of anilines is 2. The van der Waals surface area contributed by atoms with E-state index in [1.165, 1.54) is 16.7 Å². The Kier molecular flexibility index (Phi) is 4.09.